The smallest absolute Gasteiger partial charge is 0.169 e. The minimum absolute atomic E-state index is 0. The van der Waals surface area contributed by atoms with Crippen LogP contribution in [0.1, 0.15) is 0 Å². The highest BCUT2D eigenvalue weighted by molar-refractivity contribution is 7.97. The molecule has 0 radical (unpaired) electrons. The van der Waals surface area contributed by atoms with Gasteiger partial charge in [-0.1, -0.05) is 0 Å². The first-order valence-electron chi connectivity index (χ1n) is 6.89. The number of hydrogen-bond donors (Lipinski definition) is 9. The minimum Gasteiger partial charge on any atom is -1.00 e. The summed E-state index contributed by atoms with van der Waals surface area (Å²) in [6.45, 7) is -1.21. The van der Waals surface area contributed by atoms with Crippen LogP contribution in [0.5, 0.6) is 0 Å². The molecule has 23 heavy (non-hydrogen) atoms. The zero-order valence-corrected chi connectivity index (χ0v) is 13.8. The topological polar surface area (TPSA) is 182 Å². The molecule has 1 aliphatic heterocycles. The quantitative estimate of drug-likeness (QED) is 0.185. The number of rotatable bonds is 8. The molecule has 0 saturated carbocycles. The van der Waals surface area contributed by atoms with Crippen LogP contribution < -0.4 is 12.4 Å². The van der Waals surface area contributed by atoms with E-state index in [4.69, 9.17) is 5.11 Å². The Morgan fingerprint density at radius 3 is 1.87 bits per heavy atom. The molecule has 1 saturated heterocycles. The highest BCUT2D eigenvalue weighted by Gasteiger charge is 2.51. The SMILES string of the molecule is OC[C@@H]1[C@@H](O)[C@H](O)C[S+]1C[C@@H](O)[C@@H](O)[C@H](O)[C@H](O)[C@@H](O)CO.[Cl-]. The molecule has 1 fully saturated rings. The molecule has 1 heterocycles. The molecule has 0 aromatic carbocycles. The zero-order chi connectivity index (χ0) is 17.0. The van der Waals surface area contributed by atoms with Crippen molar-refractivity contribution in [3.05, 3.63) is 0 Å². The molecule has 0 aromatic heterocycles. The van der Waals surface area contributed by atoms with E-state index in [-0.39, 0.29) is 23.9 Å². The van der Waals surface area contributed by atoms with Crippen LogP contribution >= 0.6 is 0 Å². The van der Waals surface area contributed by atoms with Crippen molar-refractivity contribution in [1.29, 1.82) is 0 Å². The van der Waals surface area contributed by atoms with Crippen molar-refractivity contribution in [2.75, 3.05) is 24.7 Å². The predicted molar refractivity (Wildman–Crippen MR) is 77.1 cm³/mol. The van der Waals surface area contributed by atoms with Gasteiger partial charge in [-0.25, -0.2) is 0 Å². The van der Waals surface area contributed by atoms with Crippen LogP contribution in [0.15, 0.2) is 0 Å². The summed E-state index contributed by atoms with van der Waals surface area (Å²) in [5.41, 5.74) is 0. The van der Waals surface area contributed by atoms with E-state index >= 15 is 0 Å². The van der Waals surface area contributed by atoms with E-state index in [0.29, 0.717) is 0 Å². The summed E-state index contributed by atoms with van der Waals surface area (Å²) in [6, 6.07) is 0. The lowest BCUT2D eigenvalue weighted by molar-refractivity contribution is -0.136. The first-order valence-corrected chi connectivity index (χ1v) is 8.51. The third kappa shape index (κ3) is 5.65. The van der Waals surface area contributed by atoms with E-state index in [9.17, 15) is 40.9 Å². The Bertz CT molecular complexity index is 340. The first-order chi connectivity index (χ1) is 10.2. The van der Waals surface area contributed by atoms with Gasteiger partial charge >= 0.3 is 0 Å². The molecule has 9 N–H and O–H groups in total. The Balaban J connectivity index is 0.00000484. The molecule has 0 aliphatic carbocycles. The fourth-order valence-electron chi connectivity index (χ4n) is 2.37. The number of hydrogen-bond acceptors (Lipinski definition) is 9. The summed E-state index contributed by atoms with van der Waals surface area (Å²) in [5.74, 6) is 0.0492. The van der Waals surface area contributed by atoms with Crippen LogP contribution in [0.4, 0.5) is 0 Å². The van der Waals surface area contributed by atoms with Crippen LogP contribution in [0.2, 0.25) is 0 Å². The molecule has 1 aliphatic rings. The molecule has 140 valence electrons. The van der Waals surface area contributed by atoms with E-state index in [1.165, 1.54) is 0 Å². The monoisotopic (exact) mass is 380 g/mol. The molecule has 1 rings (SSSR count). The molecule has 0 amide bonds. The summed E-state index contributed by atoms with van der Waals surface area (Å²) < 4.78 is 0. The van der Waals surface area contributed by atoms with Crippen molar-refractivity contribution in [2.45, 2.75) is 48.0 Å². The summed E-state index contributed by atoms with van der Waals surface area (Å²) in [6.07, 6.45) is -10.8. The van der Waals surface area contributed by atoms with Crippen molar-refractivity contribution in [3.8, 4) is 0 Å². The summed E-state index contributed by atoms with van der Waals surface area (Å²) in [5, 5.41) is 84.7. The van der Waals surface area contributed by atoms with Crippen molar-refractivity contribution < 1.29 is 58.4 Å². The standard InChI is InChI=1S/C12H25O9S.ClH/c13-1-5(15)10(19)12(21)11(20)7(17)4-22-3-6(16)9(18)8(22)2-14;/h5-21H,1-4H2;1H/q+1;/p-1/t5-,6+,7+,8+,9-,10+,11+,12+,22?;/m0./s1. The lowest BCUT2D eigenvalue weighted by Crippen LogP contribution is -3.00. The first kappa shape index (κ1) is 23.3. The normalized spacial score (nSPS) is 34.3. The third-order valence-corrected chi connectivity index (χ3v) is 6.65. The Labute approximate surface area is 142 Å². The van der Waals surface area contributed by atoms with Gasteiger partial charge in [-0.15, -0.1) is 0 Å². The Morgan fingerprint density at radius 1 is 0.870 bits per heavy atom. The molecule has 9 nitrogen and oxygen atoms in total. The molecule has 0 bridgehead atoms. The van der Waals surface area contributed by atoms with Crippen LogP contribution in [0, 0.1) is 0 Å². The van der Waals surface area contributed by atoms with Gasteiger partial charge in [-0.2, -0.15) is 0 Å². The second-order valence-corrected chi connectivity index (χ2v) is 7.79. The van der Waals surface area contributed by atoms with Crippen LogP contribution in [-0.4, -0.2) is 119 Å². The second kappa shape index (κ2) is 10.3. The lowest BCUT2D eigenvalue weighted by Gasteiger charge is -2.28. The minimum atomic E-state index is -1.88. The zero-order valence-electron chi connectivity index (χ0n) is 12.3. The second-order valence-electron chi connectivity index (χ2n) is 5.44. The summed E-state index contributed by atoms with van der Waals surface area (Å²) >= 11 is 0. The lowest BCUT2D eigenvalue weighted by atomic mass is 10.0. The fourth-order valence-corrected chi connectivity index (χ4v) is 5.06. The van der Waals surface area contributed by atoms with Gasteiger partial charge in [0, 0.05) is 10.9 Å². The highest BCUT2D eigenvalue weighted by Crippen LogP contribution is 2.25. The number of aliphatic hydroxyl groups excluding tert-OH is 9. The summed E-state index contributed by atoms with van der Waals surface area (Å²) in [7, 11) is -0.783. The van der Waals surface area contributed by atoms with Gasteiger partial charge in [-0.3, -0.25) is 0 Å². The van der Waals surface area contributed by atoms with Crippen LogP contribution in [0.3, 0.4) is 0 Å². The van der Waals surface area contributed by atoms with Gasteiger partial charge in [0.25, 0.3) is 0 Å². The predicted octanol–water partition coefficient (Wildman–Crippen LogP) is -8.50. The fraction of sp³-hybridized carbons (Fsp3) is 1.00. The maximum absolute atomic E-state index is 9.93. The highest BCUT2D eigenvalue weighted by atomic mass is 35.5. The number of aliphatic hydroxyl groups is 9. The van der Waals surface area contributed by atoms with Gasteiger partial charge in [0.2, 0.25) is 0 Å². The van der Waals surface area contributed by atoms with E-state index in [1.807, 2.05) is 0 Å². The average Bonchev–Trinajstić information content (AvgIpc) is 2.77. The van der Waals surface area contributed by atoms with Crippen LogP contribution in [0.25, 0.3) is 0 Å². The largest absolute Gasteiger partial charge is 1.00 e. The van der Waals surface area contributed by atoms with Gasteiger partial charge in [0.15, 0.2) is 5.25 Å². The maximum Gasteiger partial charge on any atom is 0.169 e. The van der Waals surface area contributed by atoms with Crippen molar-refractivity contribution >= 4 is 10.9 Å². The molecule has 11 heteroatoms. The van der Waals surface area contributed by atoms with E-state index in [2.05, 4.69) is 0 Å². The van der Waals surface area contributed by atoms with Gasteiger partial charge < -0.3 is 58.4 Å². The van der Waals surface area contributed by atoms with Gasteiger partial charge in [0.05, 0.1) is 13.2 Å². The molecule has 0 spiro atoms. The summed E-state index contributed by atoms with van der Waals surface area (Å²) in [4.78, 5) is 0. The van der Waals surface area contributed by atoms with E-state index in [0.717, 1.165) is 0 Å². The third-order valence-electron chi connectivity index (χ3n) is 3.83. The van der Waals surface area contributed by atoms with Crippen molar-refractivity contribution in [2.24, 2.45) is 0 Å². The van der Waals surface area contributed by atoms with Crippen molar-refractivity contribution in [3.63, 3.8) is 0 Å². The Morgan fingerprint density at radius 2 is 1.39 bits per heavy atom. The molecule has 9 atom stereocenters. The molecule has 1 unspecified atom stereocenters. The molecular formula is C12H25ClO9S. The number of halogens is 1. The Hall–Kier alpha value is 0.280. The average molecular weight is 381 g/mol. The van der Waals surface area contributed by atoms with Crippen LogP contribution in [-0.2, 0) is 10.9 Å². The molecular weight excluding hydrogens is 356 g/mol. The maximum atomic E-state index is 9.93. The molecule has 0 aromatic rings. The van der Waals surface area contributed by atoms with Crippen molar-refractivity contribution in [1.82, 2.24) is 0 Å². The van der Waals surface area contributed by atoms with E-state index in [1.54, 1.807) is 0 Å². The van der Waals surface area contributed by atoms with Gasteiger partial charge in [-0.05, 0) is 0 Å². The van der Waals surface area contributed by atoms with E-state index < -0.39 is 72.1 Å². The van der Waals surface area contributed by atoms with Gasteiger partial charge in [0.1, 0.15) is 54.2 Å². The Kier molecular flexibility index (Phi) is 10.4.